The second kappa shape index (κ2) is 9.62. The van der Waals surface area contributed by atoms with Gasteiger partial charge in [-0.25, -0.2) is 9.97 Å². The van der Waals surface area contributed by atoms with Crippen LogP contribution < -0.4 is 10.2 Å². The molecule has 0 radical (unpaired) electrons. The van der Waals surface area contributed by atoms with Crippen LogP contribution >= 0.6 is 0 Å². The molecule has 32 heavy (non-hydrogen) atoms. The third-order valence-electron chi connectivity index (χ3n) is 6.32. The summed E-state index contributed by atoms with van der Waals surface area (Å²) in [6.45, 7) is 4.74. The van der Waals surface area contributed by atoms with Gasteiger partial charge in [-0.05, 0) is 36.8 Å². The van der Waals surface area contributed by atoms with Crippen LogP contribution in [0.4, 0.5) is 5.82 Å². The lowest BCUT2D eigenvalue weighted by Crippen LogP contribution is -2.50. The highest BCUT2D eigenvalue weighted by Crippen LogP contribution is 2.24. The number of aliphatic hydroxyl groups excluding tert-OH is 2. The normalized spacial score (nSPS) is 18.2. The number of hydrogen-bond donors (Lipinski definition) is 3. The second-order valence-corrected chi connectivity index (χ2v) is 8.56. The molecule has 0 unspecified atom stereocenters. The summed E-state index contributed by atoms with van der Waals surface area (Å²) in [7, 11) is 0. The Morgan fingerprint density at radius 3 is 2.41 bits per heavy atom. The van der Waals surface area contributed by atoms with E-state index in [1.54, 1.807) is 12.5 Å². The first kappa shape index (κ1) is 22.2. The van der Waals surface area contributed by atoms with Crippen LogP contribution in [0.25, 0.3) is 0 Å². The van der Waals surface area contributed by atoms with Gasteiger partial charge < -0.3 is 25.3 Å². The molecule has 4 rings (SSSR count). The quantitative estimate of drug-likeness (QED) is 0.595. The molecule has 3 N–H and O–H groups in total. The zero-order valence-corrected chi connectivity index (χ0v) is 18.1. The number of hydrogen-bond acceptors (Lipinski definition) is 7. The van der Waals surface area contributed by atoms with E-state index >= 15 is 0 Å². The number of nitrogens with zero attached hydrogens (tertiary/aromatic N) is 4. The van der Waals surface area contributed by atoms with Crippen molar-refractivity contribution in [2.45, 2.75) is 45.1 Å². The molecule has 1 aromatic heterocycles. The smallest absolute Gasteiger partial charge is 0.255 e. The van der Waals surface area contributed by atoms with Gasteiger partial charge in [-0.2, -0.15) is 0 Å². The molecule has 0 spiro atoms. The summed E-state index contributed by atoms with van der Waals surface area (Å²) in [6.07, 6.45) is 1.50. The van der Waals surface area contributed by atoms with Crippen molar-refractivity contribution in [1.29, 1.82) is 0 Å². The maximum absolute atomic E-state index is 12.6. The predicted molar refractivity (Wildman–Crippen MR) is 117 cm³/mol. The Balaban J connectivity index is 1.23. The van der Waals surface area contributed by atoms with E-state index in [1.807, 2.05) is 31.2 Å². The number of anilines is 1. The molecule has 0 saturated carbocycles. The van der Waals surface area contributed by atoms with Crippen LogP contribution in [-0.4, -0.2) is 68.7 Å². The first-order chi connectivity index (χ1) is 15.4. The lowest BCUT2D eigenvalue weighted by Gasteiger charge is -2.33. The Kier molecular flexibility index (Phi) is 6.66. The Hall–Kier alpha value is -3.04. The number of piperidine rings is 1. The topological polar surface area (TPSA) is 119 Å². The maximum Gasteiger partial charge on any atom is 0.255 e. The highest BCUT2D eigenvalue weighted by molar-refractivity contribution is 5.90. The molecule has 2 atom stereocenters. The molecule has 1 aromatic carbocycles. The number of fused-ring (bicyclic) bond motifs is 1. The fraction of sp³-hybridized carbons (Fsp3) is 0.478. The van der Waals surface area contributed by atoms with E-state index in [0.717, 1.165) is 48.4 Å². The number of nitrogens with one attached hydrogen (secondary N) is 1. The van der Waals surface area contributed by atoms with E-state index in [1.165, 1.54) is 4.90 Å². The Morgan fingerprint density at radius 2 is 1.78 bits per heavy atom. The number of aromatic nitrogens is 2. The third kappa shape index (κ3) is 4.73. The molecule has 1 saturated heterocycles. The van der Waals surface area contributed by atoms with Gasteiger partial charge in [0.05, 0.1) is 0 Å². The highest BCUT2D eigenvalue weighted by Gasteiger charge is 2.35. The van der Waals surface area contributed by atoms with Crippen molar-refractivity contribution in [3.05, 3.63) is 53.5 Å². The summed E-state index contributed by atoms with van der Waals surface area (Å²) in [4.78, 5) is 37.0. The minimum absolute atomic E-state index is 0.255. The molecule has 0 bridgehead atoms. The monoisotopic (exact) mass is 439 g/mol. The molecule has 0 aliphatic carbocycles. The largest absolute Gasteiger partial charge is 0.380 e. The summed E-state index contributed by atoms with van der Waals surface area (Å²) in [5.41, 5.74) is 3.05. The Morgan fingerprint density at radius 1 is 1.12 bits per heavy atom. The molecule has 2 aliphatic heterocycles. The molecule has 1 fully saturated rings. The number of amides is 2. The van der Waals surface area contributed by atoms with Crippen LogP contribution in [0.3, 0.4) is 0 Å². The third-order valence-corrected chi connectivity index (χ3v) is 6.32. The zero-order valence-electron chi connectivity index (χ0n) is 18.1. The fourth-order valence-electron chi connectivity index (χ4n) is 4.38. The number of aryl methyl sites for hydroxylation is 1. The lowest BCUT2D eigenvalue weighted by molar-refractivity contribution is -0.153. The minimum Gasteiger partial charge on any atom is -0.380 e. The van der Waals surface area contributed by atoms with Crippen LogP contribution in [0.5, 0.6) is 0 Å². The van der Waals surface area contributed by atoms with Crippen molar-refractivity contribution < 1.29 is 19.8 Å². The van der Waals surface area contributed by atoms with Crippen molar-refractivity contribution in [3.8, 4) is 0 Å². The molecule has 170 valence electrons. The van der Waals surface area contributed by atoms with Crippen molar-refractivity contribution in [2.24, 2.45) is 5.92 Å². The van der Waals surface area contributed by atoms with Crippen LogP contribution in [0.1, 0.15) is 29.5 Å². The number of carbonyl (C=O) groups is 2. The van der Waals surface area contributed by atoms with Crippen LogP contribution in [0.15, 0.2) is 36.8 Å². The number of rotatable bonds is 6. The van der Waals surface area contributed by atoms with E-state index in [0.29, 0.717) is 19.6 Å². The van der Waals surface area contributed by atoms with E-state index < -0.39 is 24.0 Å². The van der Waals surface area contributed by atoms with Crippen molar-refractivity contribution in [2.75, 3.05) is 24.5 Å². The zero-order chi connectivity index (χ0) is 22.7. The minimum atomic E-state index is -1.80. The van der Waals surface area contributed by atoms with E-state index in [4.69, 9.17) is 0 Å². The van der Waals surface area contributed by atoms with Crippen LogP contribution in [0.2, 0.25) is 0 Å². The van der Waals surface area contributed by atoms with Gasteiger partial charge in [-0.1, -0.05) is 24.3 Å². The van der Waals surface area contributed by atoms with Gasteiger partial charge >= 0.3 is 0 Å². The fourth-order valence-corrected chi connectivity index (χ4v) is 4.38. The SMILES string of the molecule is Cc1cncnc1N1CCC(CNC(=O)[C@H](O)[C@@H](O)C(=O)N2Cc3ccccc3C2)CC1. The summed E-state index contributed by atoms with van der Waals surface area (Å²) in [5.74, 6) is -0.178. The van der Waals surface area contributed by atoms with E-state index in [9.17, 15) is 19.8 Å². The summed E-state index contributed by atoms with van der Waals surface area (Å²) < 4.78 is 0. The highest BCUT2D eigenvalue weighted by atomic mass is 16.3. The Bertz CT molecular complexity index is 951. The Labute approximate surface area is 187 Å². The predicted octanol–water partition coefficient (Wildman–Crippen LogP) is 0.382. The van der Waals surface area contributed by atoms with Gasteiger partial charge in [-0.3, -0.25) is 9.59 Å². The first-order valence-corrected chi connectivity index (χ1v) is 10.9. The summed E-state index contributed by atoms with van der Waals surface area (Å²) in [6, 6.07) is 7.64. The van der Waals surface area contributed by atoms with Crippen LogP contribution in [0, 0.1) is 12.8 Å². The molecular formula is C23H29N5O4. The number of carbonyl (C=O) groups excluding carboxylic acids is 2. The second-order valence-electron chi connectivity index (χ2n) is 8.56. The number of aliphatic hydroxyl groups is 2. The summed E-state index contributed by atoms with van der Waals surface area (Å²) >= 11 is 0. The standard InChI is InChI=1S/C23H29N5O4/c1-15-10-24-14-26-21(15)27-8-6-16(7-9-27)11-25-22(31)19(29)20(30)23(32)28-12-17-4-2-3-5-18(17)13-28/h2-5,10,14,16,19-20,29-30H,6-9,11-13H2,1H3,(H,25,31)/t19-,20-/m1/s1. The van der Waals surface area contributed by atoms with Crippen molar-refractivity contribution in [1.82, 2.24) is 20.2 Å². The van der Waals surface area contributed by atoms with Crippen molar-refractivity contribution >= 4 is 17.6 Å². The molecule has 9 nitrogen and oxygen atoms in total. The first-order valence-electron chi connectivity index (χ1n) is 10.9. The molecule has 9 heteroatoms. The summed E-state index contributed by atoms with van der Waals surface area (Å²) in [5, 5.41) is 23.2. The van der Waals surface area contributed by atoms with Gasteiger partial charge in [0, 0.05) is 44.5 Å². The van der Waals surface area contributed by atoms with E-state index in [2.05, 4.69) is 20.2 Å². The molecule has 2 aromatic rings. The maximum atomic E-state index is 12.6. The van der Waals surface area contributed by atoms with Gasteiger partial charge in [0.1, 0.15) is 12.1 Å². The van der Waals surface area contributed by atoms with Gasteiger partial charge in [0.15, 0.2) is 12.2 Å². The average Bonchev–Trinajstić information content (AvgIpc) is 3.26. The molecular weight excluding hydrogens is 410 g/mol. The average molecular weight is 440 g/mol. The van der Waals surface area contributed by atoms with Gasteiger partial charge in [-0.15, -0.1) is 0 Å². The van der Waals surface area contributed by atoms with Gasteiger partial charge in [0.2, 0.25) is 0 Å². The molecule has 2 aliphatic rings. The van der Waals surface area contributed by atoms with Gasteiger partial charge in [0.25, 0.3) is 11.8 Å². The number of benzene rings is 1. The van der Waals surface area contributed by atoms with Crippen molar-refractivity contribution in [3.63, 3.8) is 0 Å². The molecule has 2 amide bonds. The molecule has 3 heterocycles. The lowest BCUT2D eigenvalue weighted by atomic mass is 9.96. The van der Waals surface area contributed by atoms with E-state index in [-0.39, 0.29) is 5.92 Å². The van der Waals surface area contributed by atoms with Crippen LogP contribution in [-0.2, 0) is 22.7 Å².